The van der Waals surface area contributed by atoms with E-state index in [1.807, 2.05) is 6.20 Å². The quantitative estimate of drug-likeness (QED) is 0.737. The molecule has 0 bridgehead atoms. The van der Waals surface area contributed by atoms with Crippen LogP contribution in [0, 0.1) is 0 Å². The average Bonchev–Trinajstić information content (AvgIpc) is 2.04. The first-order chi connectivity index (χ1) is 5.65. The third-order valence-corrected chi connectivity index (χ3v) is 3.54. The van der Waals surface area contributed by atoms with Gasteiger partial charge in [-0.2, -0.15) is 0 Å². The Bertz CT molecular complexity index is 189. The molecule has 1 heterocycles. The summed E-state index contributed by atoms with van der Waals surface area (Å²) < 4.78 is 1.49. The van der Waals surface area contributed by atoms with Crippen molar-refractivity contribution < 1.29 is 19.4 Å². The van der Waals surface area contributed by atoms with Crippen molar-refractivity contribution >= 4 is 4.02 Å². The first-order valence-corrected chi connectivity index (χ1v) is 5.78. The van der Waals surface area contributed by atoms with E-state index >= 15 is 0 Å². The van der Waals surface area contributed by atoms with E-state index in [1.165, 1.54) is 10.6 Å². The van der Waals surface area contributed by atoms with Crippen LogP contribution >= 0.6 is 0 Å². The summed E-state index contributed by atoms with van der Waals surface area (Å²) >= 11 is 1.57. The zero-order valence-electron chi connectivity index (χ0n) is 7.79. The Labute approximate surface area is 85.6 Å². The number of nitrogens with zero attached hydrogens (tertiary/aromatic N) is 2. The Morgan fingerprint density at radius 2 is 2.17 bits per heavy atom. The molecule has 0 radical (unpaired) electrons. The molecule has 1 aliphatic rings. The van der Waals surface area contributed by atoms with Gasteiger partial charge >= 0.3 is 85.5 Å². The Kier molecular flexibility index (Phi) is 3.67. The number of hydrogen-bond donors (Lipinski definition) is 0. The molecule has 1 rings (SSSR count). The fourth-order valence-corrected chi connectivity index (χ4v) is 2.53. The Balaban J connectivity index is 2.51. The van der Waals surface area contributed by atoms with Gasteiger partial charge in [0, 0.05) is 0 Å². The molecule has 1 fully saturated rings. The van der Waals surface area contributed by atoms with Crippen molar-refractivity contribution in [3.05, 3.63) is 12.8 Å². The van der Waals surface area contributed by atoms with Crippen LogP contribution < -0.4 is 0 Å². The standard InChI is InChI=1S/C9H16N2.W/c1-4-10-5-7-11(8-6-10)9(2)3;/h4,9H,1,5,7-8H2,2-3H3;. The van der Waals surface area contributed by atoms with Crippen molar-refractivity contribution in [2.24, 2.45) is 0 Å². The van der Waals surface area contributed by atoms with E-state index in [1.54, 1.807) is 19.4 Å². The van der Waals surface area contributed by atoms with Gasteiger partial charge in [-0.15, -0.1) is 0 Å². The summed E-state index contributed by atoms with van der Waals surface area (Å²) in [5, 5.41) is 0. The van der Waals surface area contributed by atoms with Crippen molar-refractivity contribution in [3.63, 3.8) is 0 Å². The van der Waals surface area contributed by atoms with Gasteiger partial charge in [-0.05, 0) is 0 Å². The molecule has 0 aliphatic carbocycles. The van der Waals surface area contributed by atoms with Gasteiger partial charge in [-0.25, -0.2) is 0 Å². The molecule has 3 heteroatoms. The van der Waals surface area contributed by atoms with Crippen molar-refractivity contribution in [2.45, 2.75) is 19.9 Å². The summed E-state index contributed by atoms with van der Waals surface area (Å²) in [5.41, 5.74) is 0. The van der Waals surface area contributed by atoms with Crippen LogP contribution in [0.4, 0.5) is 0 Å². The minimum absolute atomic E-state index is 0.673. The number of piperazine rings is 1. The SMILES string of the molecule is C=CN1CCN(C(C)C)C[C]1=[W]. The Morgan fingerprint density at radius 1 is 1.50 bits per heavy atom. The molecule has 0 aromatic carbocycles. The van der Waals surface area contributed by atoms with Gasteiger partial charge in [-0.1, -0.05) is 0 Å². The fraction of sp³-hybridized carbons (Fsp3) is 0.667. The van der Waals surface area contributed by atoms with E-state index < -0.39 is 0 Å². The molecule has 0 amide bonds. The van der Waals surface area contributed by atoms with Gasteiger partial charge in [0.2, 0.25) is 0 Å². The molecule has 2 nitrogen and oxygen atoms in total. The van der Waals surface area contributed by atoms with Gasteiger partial charge < -0.3 is 0 Å². The van der Waals surface area contributed by atoms with Crippen LogP contribution in [0.25, 0.3) is 0 Å². The molecule has 0 aromatic heterocycles. The maximum atomic E-state index is 3.80. The van der Waals surface area contributed by atoms with Gasteiger partial charge in [0.25, 0.3) is 0 Å². The third kappa shape index (κ3) is 2.27. The molecule has 68 valence electrons. The normalized spacial score (nSPS) is 20.2. The van der Waals surface area contributed by atoms with E-state index in [-0.39, 0.29) is 0 Å². The summed E-state index contributed by atoms with van der Waals surface area (Å²) in [7, 11) is 0. The first kappa shape index (κ1) is 10.1. The van der Waals surface area contributed by atoms with E-state index in [0.717, 1.165) is 13.1 Å². The van der Waals surface area contributed by atoms with Gasteiger partial charge in [-0.3, -0.25) is 0 Å². The van der Waals surface area contributed by atoms with Crippen LogP contribution in [0.15, 0.2) is 12.8 Å². The van der Waals surface area contributed by atoms with Gasteiger partial charge in [0.1, 0.15) is 0 Å². The second-order valence-corrected chi connectivity index (χ2v) is 5.03. The van der Waals surface area contributed by atoms with Crippen LogP contribution in [0.5, 0.6) is 0 Å². The van der Waals surface area contributed by atoms with E-state index in [9.17, 15) is 0 Å². The van der Waals surface area contributed by atoms with E-state index in [2.05, 4.69) is 30.2 Å². The van der Waals surface area contributed by atoms with Crippen molar-refractivity contribution in [2.75, 3.05) is 19.6 Å². The molecule has 0 N–H and O–H groups in total. The number of hydrogen-bond acceptors (Lipinski definition) is 2. The molecule has 0 atom stereocenters. The summed E-state index contributed by atoms with van der Waals surface area (Å²) in [6.07, 6.45) is 1.94. The molecule has 0 aromatic rings. The summed E-state index contributed by atoms with van der Waals surface area (Å²) in [6.45, 7) is 11.7. The molecular weight excluding hydrogens is 320 g/mol. The second kappa shape index (κ2) is 4.34. The van der Waals surface area contributed by atoms with E-state index in [0.29, 0.717) is 6.04 Å². The second-order valence-electron chi connectivity index (χ2n) is 3.33. The number of rotatable bonds is 2. The van der Waals surface area contributed by atoms with Crippen molar-refractivity contribution in [3.8, 4) is 0 Å². The Morgan fingerprint density at radius 3 is 2.58 bits per heavy atom. The summed E-state index contributed by atoms with van der Waals surface area (Å²) in [5.74, 6) is 0. The van der Waals surface area contributed by atoms with Crippen LogP contribution in [0.1, 0.15) is 13.8 Å². The molecule has 0 spiro atoms. The van der Waals surface area contributed by atoms with Crippen LogP contribution in [-0.4, -0.2) is 39.5 Å². The average molecular weight is 336 g/mol. The predicted octanol–water partition coefficient (Wildman–Crippen LogP) is 0.833. The molecule has 1 saturated heterocycles. The zero-order valence-corrected chi connectivity index (χ0v) is 10.7. The van der Waals surface area contributed by atoms with Crippen molar-refractivity contribution in [1.82, 2.24) is 9.80 Å². The zero-order chi connectivity index (χ0) is 9.14. The maximum absolute atomic E-state index is 3.80. The topological polar surface area (TPSA) is 6.48 Å². The Hall–Kier alpha value is 0.0583. The first-order valence-electron chi connectivity index (χ1n) is 4.31. The summed E-state index contributed by atoms with van der Waals surface area (Å²) in [6, 6.07) is 0.673. The fourth-order valence-electron chi connectivity index (χ4n) is 1.34. The molecule has 1 aliphatic heterocycles. The summed E-state index contributed by atoms with van der Waals surface area (Å²) in [4.78, 5) is 4.77. The van der Waals surface area contributed by atoms with Gasteiger partial charge in [0.15, 0.2) is 0 Å². The monoisotopic (exact) mass is 336 g/mol. The van der Waals surface area contributed by atoms with Crippen LogP contribution in [0.3, 0.4) is 0 Å². The van der Waals surface area contributed by atoms with Crippen LogP contribution in [-0.2, 0) is 19.4 Å². The van der Waals surface area contributed by atoms with Crippen molar-refractivity contribution in [1.29, 1.82) is 0 Å². The van der Waals surface area contributed by atoms with Crippen LogP contribution in [0.2, 0.25) is 0 Å². The molecule has 0 saturated carbocycles. The predicted molar refractivity (Wildman–Crippen MR) is 48.6 cm³/mol. The third-order valence-electron chi connectivity index (χ3n) is 2.24. The molecular formula is C9H16N2W. The van der Waals surface area contributed by atoms with E-state index in [4.69, 9.17) is 0 Å². The van der Waals surface area contributed by atoms with Gasteiger partial charge in [0.05, 0.1) is 0 Å². The minimum atomic E-state index is 0.673. The molecule has 12 heavy (non-hydrogen) atoms. The molecule has 0 unspecified atom stereocenters.